The lowest BCUT2D eigenvalue weighted by Gasteiger charge is -2.14. The van der Waals surface area contributed by atoms with Gasteiger partial charge in [0, 0.05) is 9.50 Å². The summed E-state index contributed by atoms with van der Waals surface area (Å²) in [7, 11) is 0. The van der Waals surface area contributed by atoms with Crippen molar-refractivity contribution >= 4 is 45.8 Å². The molecule has 0 aliphatic heterocycles. The van der Waals surface area contributed by atoms with Gasteiger partial charge >= 0.3 is 0 Å². The summed E-state index contributed by atoms with van der Waals surface area (Å²) in [6.45, 7) is -1.60. The van der Waals surface area contributed by atoms with Gasteiger partial charge in [0.1, 0.15) is 0 Å². The molecule has 3 N–H and O–H groups in total. The molecule has 0 spiro atoms. The van der Waals surface area contributed by atoms with Gasteiger partial charge in [0.2, 0.25) is 0 Å². The third kappa shape index (κ3) is 5.06. The van der Waals surface area contributed by atoms with E-state index in [9.17, 15) is 13.6 Å². The Morgan fingerprint density at radius 2 is 2.11 bits per heavy atom. The second-order valence-corrected chi connectivity index (χ2v) is 4.66. The number of alkyl halides is 2. The van der Waals surface area contributed by atoms with Crippen LogP contribution in [0.25, 0.3) is 0 Å². The minimum Gasteiger partial charge on any atom is -0.346 e. The molecular weight excluding hydrogens is 353 g/mol. The van der Waals surface area contributed by atoms with Crippen molar-refractivity contribution in [3.8, 4) is 0 Å². The number of hydrogen-bond acceptors (Lipinski definition) is 2. The third-order valence-corrected chi connectivity index (χ3v) is 2.87. The van der Waals surface area contributed by atoms with Gasteiger partial charge in [-0.1, -0.05) is 11.6 Å². The van der Waals surface area contributed by atoms with E-state index >= 15 is 0 Å². The molecule has 0 saturated carbocycles. The first-order valence-corrected chi connectivity index (χ1v) is 5.84. The average molecular weight is 364 g/mol. The highest BCUT2D eigenvalue weighted by Gasteiger charge is 2.27. The molecule has 0 saturated heterocycles. The summed E-state index contributed by atoms with van der Waals surface area (Å²) < 4.78 is 26.1. The zero-order chi connectivity index (χ0) is 13.1. The molecule has 0 atom stereocenters. The molecule has 0 aliphatic carbocycles. The molecule has 102 valence electrons. The Morgan fingerprint density at radius 1 is 1.50 bits per heavy atom. The number of nitrogens with two attached hydrogens (primary N) is 1. The minimum atomic E-state index is -3.10. The molecule has 0 fully saturated rings. The second kappa shape index (κ2) is 7.23. The molecule has 0 unspecified atom stereocenters. The number of hydrogen-bond donors (Lipinski definition) is 2. The Morgan fingerprint density at radius 3 is 2.61 bits per heavy atom. The molecule has 1 amide bonds. The van der Waals surface area contributed by atoms with Gasteiger partial charge in [0.05, 0.1) is 18.7 Å². The van der Waals surface area contributed by atoms with Crippen LogP contribution >= 0.6 is 39.9 Å². The van der Waals surface area contributed by atoms with E-state index < -0.39 is 24.9 Å². The summed E-state index contributed by atoms with van der Waals surface area (Å²) in [6, 6.07) is 4.46. The van der Waals surface area contributed by atoms with Crippen LogP contribution < -0.4 is 11.1 Å². The van der Waals surface area contributed by atoms with Crippen molar-refractivity contribution in [3.05, 3.63) is 33.3 Å². The summed E-state index contributed by atoms with van der Waals surface area (Å²) in [5.41, 5.74) is 5.09. The molecule has 1 rings (SSSR count). The fraction of sp³-hybridized carbons (Fsp3) is 0.300. The summed E-state index contributed by atoms with van der Waals surface area (Å²) in [5, 5.41) is 2.55. The van der Waals surface area contributed by atoms with E-state index in [-0.39, 0.29) is 18.0 Å². The lowest BCUT2D eigenvalue weighted by atomic mass is 10.2. The Labute approximate surface area is 123 Å². The largest absolute Gasteiger partial charge is 0.346 e. The topological polar surface area (TPSA) is 55.1 Å². The summed E-state index contributed by atoms with van der Waals surface area (Å²) in [4.78, 5) is 11.6. The smallest absolute Gasteiger partial charge is 0.277 e. The number of amides is 1. The van der Waals surface area contributed by atoms with E-state index in [1.54, 1.807) is 0 Å². The monoisotopic (exact) mass is 362 g/mol. The SMILES string of the molecule is Cl.NCC(F)(F)CNC(=O)c1ccc(Cl)cc1Br. The van der Waals surface area contributed by atoms with Crippen LogP contribution in [0.4, 0.5) is 8.78 Å². The third-order valence-electron chi connectivity index (χ3n) is 1.98. The highest BCUT2D eigenvalue weighted by Crippen LogP contribution is 2.21. The molecule has 0 bridgehead atoms. The van der Waals surface area contributed by atoms with E-state index in [1.807, 2.05) is 0 Å². The van der Waals surface area contributed by atoms with Gasteiger partial charge in [-0.05, 0) is 34.1 Å². The average Bonchev–Trinajstić information content (AvgIpc) is 2.26. The van der Waals surface area contributed by atoms with Crippen molar-refractivity contribution in [3.63, 3.8) is 0 Å². The fourth-order valence-electron chi connectivity index (χ4n) is 1.05. The van der Waals surface area contributed by atoms with Crippen molar-refractivity contribution in [2.24, 2.45) is 5.73 Å². The fourth-order valence-corrected chi connectivity index (χ4v) is 1.91. The number of halogens is 5. The first-order valence-electron chi connectivity index (χ1n) is 4.67. The van der Waals surface area contributed by atoms with Crippen molar-refractivity contribution in [1.29, 1.82) is 0 Å². The summed E-state index contributed by atoms with van der Waals surface area (Å²) in [6.07, 6.45) is 0. The maximum absolute atomic E-state index is 12.8. The zero-order valence-corrected chi connectivity index (χ0v) is 12.2. The first-order chi connectivity index (χ1) is 7.85. The van der Waals surface area contributed by atoms with Crippen molar-refractivity contribution in [2.45, 2.75) is 5.92 Å². The Kier molecular flexibility index (Phi) is 7.06. The maximum atomic E-state index is 12.8. The van der Waals surface area contributed by atoms with Crippen LogP contribution in [0.3, 0.4) is 0 Å². The Bertz CT molecular complexity index is 432. The number of nitrogens with one attached hydrogen (secondary N) is 1. The molecule has 0 aromatic heterocycles. The van der Waals surface area contributed by atoms with Crippen LogP contribution in [-0.2, 0) is 0 Å². The predicted molar refractivity (Wildman–Crippen MR) is 72.7 cm³/mol. The van der Waals surface area contributed by atoms with E-state index in [4.69, 9.17) is 17.3 Å². The van der Waals surface area contributed by atoms with Crippen LogP contribution in [0.5, 0.6) is 0 Å². The van der Waals surface area contributed by atoms with Crippen LogP contribution in [0.15, 0.2) is 22.7 Å². The van der Waals surface area contributed by atoms with Gasteiger partial charge < -0.3 is 11.1 Å². The van der Waals surface area contributed by atoms with Gasteiger partial charge in [-0.25, -0.2) is 8.78 Å². The molecule has 8 heteroatoms. The Balaban J connectivity index is 0.00000289. The molecule has 0 radical (unpaired) electrons. The normalized spacial score (nSPS) is 10.7. The van der Waals surface area contributed by atoms with Crippen LogP contribution in [-0.4, -0.2) is 24.9 Å². The van der Waals surface area contributed by atoms with E-state index in [0.717, 1.165) is 0 Å². The molecular formula is C10H11BrCl2F2N2O. The van der Waals surface area contributed by atoms with Crippen LogP contribution in [0, 0.1) is 0 Å². The van der Waals surface area contributed by atoms with Gasteiger partial charge in [-0.15, -0.1) is 12.4 Å². The summed E-state index contributed by atoms with van der Waals surface area (Å²) >= 11 is 8.82. The first kappa shape index (κ1) is 17.6. The van der Waals surface area contributed by atoms with E-state index in [2.05, 4.69) is 21.2 Å². The zero-order valence-electron chi connectivity index (χ0n) is 9.05. The van der Waals surface area contributed by atoms with Gasteiger partial charge in [-0.2, -0.15) is 0 Å². The van der Waals surface area contributed by atoms with Gasteiger partial charge in [0.25, 0.3) is 11.8 Å². The molecule has 1 aromatic carbocycles. The summed E-state index contributed by atoms with van der Waals surface area (Å²) in [5.74, 6) is -3.71. The maximum Gasteiger partial charge on any atom is 0.277 e. The molecule has 3 nitrogen and oxygen atoms in total. The molecule has 1 aromatic rings. The lowest BCUT2D eigenvalue weighted by molar-refractivity contribution is 0.0118. The Hall–Kier alpha value is -0.430. The van der Waals surface area contributed by atoms with Crippen LogP contribution in [0.1, 0.15) is 10.4 Å². The van der Waals surface area contributed by atoms with E-state index in [0.29, 0.717) is 9.50 Å². The van der Waals surface area contributed by atoms with Crippen molar-refractivity contribution in [1.82, 2.24) is 5.32 Å². The number of carbonyl (C=O) groups is 1. The highest BCUT2D eigenvalue weighted by atomic mass is 79.9. The lowest BCUT2D eigenvalue weighted by Crippen LogP contribution is -2.41. The molecule has 0 aliphatic rings. The van der Waals surface area contributed by atoms with Gasteiger partial charge in [-0.3, -0.25) is 4.79 Å². The molecule has 18 heavy (non-hydrogen) atoms. The van der Waals surface area contributed by atoms with Crippen LogP contribution in [0.2, 0.25) is 5.02 Å². The van der Waals surface area contributed by atoms with Crippen molar-refractivity contribution < 1.29 is 13.6 Å². The number of carbonyl (C=O) groups excluding carboxylic acids is 1. The van der Waals surface area contributed by atoms with E-state index in [1.165, 1.54) is 18.2 Å². The highest BCUT2D eigenvalue weighted by molar-refractivity contribution is 9.10. The quantitative estimate of drug-likeness (QED) is 0.864. The second-order valence-electron chi connectivity index (χ2n) is 3.37. The van der Waals surface area contributed by atoms with Crippen molar-refractivity contribution in [2.75, 3.05) is 13.1 Å². The number of benzene rings is 1. The molecule has 0 heterocycles. The standard InChI is InChI=1S/C10H10BrClF2N2O.ClH/c11-8-3-6(12)1-2-7(8)9(17)16-5-10(13,14)4-15;/h1-3H,4-5,15H2,(H,16,17);1H. The minimum absolute atomic E-state index is 0. The van der Waals surface area contributed by atoms with Gasteiger partial charge in [0.15, 0.2) is 0 Å². The predicted octanol–water partition coefficient (Wildman–Crippen LogP) is 2.85. The number of rotatable bonds is 4.